The fourth-order valence-electron chi connectivity index (χ4n) is 7.33. The van der Waals surface area contributed by atoms with Crippen molar-refractivity contribution in [3.8, 4) is 0 Å². The highest BCUT2D eigenvalue weighted by Crippen LogP contribution is 2.36. The topological polar surface area (TPSA) is 0 Å². The van der Waals surface area contributed by atoms with Gasteiger partial charge in [-0.15, -0.1) is 0 Å². The van der Waals surface area contributed by atoms with Gasteiger partial charge in [-0.05, 0) is 0 Å². The second-order valence-electron chi connectivity index (χ2n) is 11.9. The number of fused-ring (bicyclic) bond motifs is 7. The Labute approximate surface area is 192 Å². The Bertz CT molecular complexity index is 379. The molecule has 4 bridgehead atoms. The lowest BCUT2D eigenvalue weighted by Gasteiger charge is -2.26. The lowest BCUT2D eigenvalue weighted by atomic mass is 9.49. The molecule has 0 aromatic heterocycles. The van der Waals surface area contributed by atoms with Gasteiger partial charge in [0.15, 0.2) is 0 Å². The molecule has 0 amide bonds. The lowest BCUT2D eigenvalue weighted by molar-refractivity contribution is 0.493. The summed E-state index contributed by atoms with van der Waals surface area (Å²) in [5.74, 6) is 4.25. The van der Waals surface area contributed by atoms with Crippen LogP contribution in [0.15, 0.2) is 0 Å². The van der Waals surface area contributed by atoms with Crippen molar-refractivity contribution in [2.75, 3.05) is 0 Å². The van der Waals surface area contributed by atoms with Crippen LogP contribution in [0.3, 0.4) is 0 Å². The van der Waals surface area contributed by atoms with Crippen molar-refractivity contribution in [3.63, 3.8) is 0 Å². The maximum absolute atomic E-state index is 1.59. The van der Waals surface area contributed by atoms with Crippen LogP contribution in [0.1, 0.15) is 135 Å². The molecule has 170 valence electrons. The summed E-state index contributed by atoms with van der Waals surface area (Å²) in [6.07, 6.45) is 35.4. The summed E-state index contributed by atoms with van der Waals surface area (Å²) < 4.78 is 0. The van der Waals surface area contributed by atoms with Gasteiger partial charge in [0.05, 0.1) is 0 Å². The zero-order valence-electron chi connectivity index (χ0n) is 20.7. The van der Waals surface area contributed by atoms with Crippen LogP contribution in [0.25, 0.3) is 0 Å². The van der Waals surface area contributed by atoms with E-state index in [1.807, 2.05) is 0 Å². The summed E-state index contributed by atoms with van der Waals surface area (Å²) in [5, 5.41) is 0. The largest absolute Gasteiger partial charge is 0.127 e. The smallest absolute Gasteiger partial charge is 0.0772 e. The number of hydrogen-bond donors (Lipinski definition) is 0. The summed E-state index contributed by atoms with van der Waals surface area (Å²) in [4.78, 5) is 0. The minimum atomic E-state index is 1.06. The van der Waals surface area contributed by atoms with Gasteiger partial charge in [0.25, 0.3) is 0 Å². The van der Waals surface area contributed by atoms with E-state index < -0.39 is 0 Å². The molecule has 30 heavy (non-hydrogen) atoms. The van der Waals surface area contributed by atoms with E-state index in [1.165, 1.54) is 76.8 Å². The van der Waals surface area contributed by atoms with Gasteiger partial charge in [0, 0.05) is 0 Å². The summed E-state index contributed by atoms with van der Waals surface area (Å²) in [6, 6.07) is 0. The van der Waals surface area contributed by atoms with Crippen molar-refractivity contribution in [3.05, 3.63) is 0 Å². The predicted octanol–water partition coefficient (Wildman–Crippen LogP) is 8.52. The Kier molecular flexibility index (Phi) is 13.2. The van der Waals surface area contributed by atoms with E-state index in [0.29, 0.717) is 0 Å². The molecule has 3 aliphatic rings. The fourth-order valence-corrected chi connectivity index (χ4v) is 7.33. The zero-order valence-corrected chi connectivity index (χ0v) is 20.7. The van der Waals surface area contributed by atoms with Crippen molar-refractivity contribution in [2.45, 2.75) is 171 Å². The Hall–Kier alpha value is 0.195. The van der Waals surface area contributed by atoms with Crippen molar-refractivity contribution in [2.24, 2.45) is 0 Å². The van der Waals surface area contributed by atoms with E-state index in [2.05, 4.69) is 0 Å². The van der Waals surface area contributed by atoms with Crippen LogP contribution >= 0.6 is 0 Å². The second-order valence-corrected chi connectivity index (χ2v) is 11.9. The molecule has 0 radical (unpaired) electrons. The maximum Gasteiger partial charge on any atom is 0.127 e. The maximum atomic E-state index is 1.59. The molecule has 3 rings (SSSR count). The van der Waals surface area contributed by atoms with Gasteiger partial charge >= 0.3 is 0 Å². The molecule has 1 saturated carbocycles. The Morgan fingerprint density at radius 1 is 0.300 bits per heavy atom. The SMILES string of the molecule is B1CCCCCCCC2BC3CCCC1CCCC(BCCCCCCC2)CCC3. The van der Waals surface area contributed by atoms with E-state index in [9.17, 15) is 0 Å². The van der Waals surface area contributed by atoms with Gasteiger partial charge in [-0.2, -0.15) is 0 Å². The molecule has 2 saturated heterocycles. The van der Waals surface area contributed by atoms with Crippen molar-refractivity contribution in [1.82, 2.24) is 0 Å². The molecular weight excluding hydrogens is 357 g/mol. The number of hydrogen-bond acceptors (Lipinski definition) is 0. The zero-order chi connectivity index (χ0) is 20.7. The Morgan fingerprint density at radius 3 is 1.10 bits per heavy atom. The molecule has 2 unspecified atom stereocenters. The van der Waals surface area contributed by atoms with Crippen LogP contribution in [-0.4, -0.2) is 21.8 Å². The van der Waals surface area contributed by atoms with E-state index >= 15 is 0 Å². The summed E-state index contributed by atoms with van der Waals surface area (Å²) in [7, 11) is 4.70. The first-order valence-electron chi connectivity index (χ1n) is 14.9. The first kappa shape index (κ1) is 24.8. The molecule has 0 N–H and O–H groups in total. The molecule has 1 aliphatic carbocycles. The molecule has 2 heterocycles. The second kappa shape index (κ2) is 15.9. The van der Waals surface area contributed by atoms with Crippen LogP contribution < -0.4 is 0 Å². The molecule has 3 heteroatoms. The first-order chi connectivity index (χ1) is 14.9. The van der Waals surface area contributed by atoms with Gasteiger partial charge in [-0.1, -0.05) is 171 Å². The van der Waals surface area contributed by atoms with Crippen molar-refractivity contribution < 1.29 is 0 Å². The first-order valence-corrected chi connectivity index (χ1v) is 14.9. The molecule has 0 aromatic carbocycles. The molecule has 0 aromatic rings. The summed E-state index contributed by atoms with van der Waals surface area (Å²) in [6.45, 7) is 0. The third kappa shape index (κ3) is 10.7. The van der Waals surface area contributed by atoms with Crippen molar-refractivity contribution in [1.29, 1.82) is 0 Å². The Balaban J connectivity index is 1.69. The predicted molar refractivity (Wildman–Crippen MR) is 143 cm³/mol. The van der Waals surface area contributed by atoms with Gasteiger partial charge in [-0.25, -0.2) is 0 Å². The third-order valence-corrected chi connectivity index (χ3v) is 9.29. The average Bonchev–Trinajstić information content (AvgIpc) is 2.75. The highest BCUT2D eigenvalue weighted by atomic mass is 14.2. The van der Waals surface area contributed by atoms with E-state index in [1.54, 1.807) is 92.5 Å². The average molecular weight is 410 g/mol. The lowest BCUT2D eigenvalue weighted by Crippen LogP contribution is -2.14. The summed E-state index contributed by atoms with van der Waals surface area (Å²) in [5.41, 5.74) is 0. The molecule has 0 spiro atoms. The minimum absolute atomic E-state index is 1.06. The number of rotatable bonds is 0. The molecule has 0 nitrogen and oxygen atoms in total. The van der Waals surface area contributed by atoms with Crippen LogP contribution in [0.5, 0.6) is 0 Å². The highest BCUT2D eigenvalue weighted by Gasteiger charge is 2.22. The van der Waals surface area contributed by atoms with Gasteiger partial charge in [-0.3, -0.25) is 0 Å². The van der Waals surface area contributed by atoms with Crippen LogP contribution in [0.4, 0.5) is 0 Å². The van der Waals surface area contributed by atoms with Crippen LogP contribution in [0.2, 0.25) is 35.9 Å². The standard InChI is InChI=1S/C27H53B3/c1-3-7-14-26-15-8-4-2-6-10-23-29-25-17-11-16-24(28-22-9-5-1)18-12-20-27(30-26)21-13-19-25/h24-30H,1-23H2. The fraction of sp³-hybridized carbons (Fsp3) is 1.00. The minimum Gasteiger partial charge on any atom is -0.0772 e. The van der Waals surface area contributed by atoms with Gasteiger partial charge in [0.1, 0.15) is 21.8 Å². The van der Waals surface area contributed by atoms with Gasteiger partial charge in [0.2, 0.25) is 0 Å². The molecule has 2 aliphatic heterocycles. The Morgan fingerprint density at radius 2 is 0.633 bits per heavy atom. The van der Waals surface area contributed by atoms with Gasteiger partial charge < -0.3 is 0 Å². The molecular formula is C27H53B3. The van der Waals surface area contributed by atoms with E-state index in [0.717, 1.165) is 23.3 Å². The van der Waals surface area contributed by atoms with Crippen LogP contribution in [-0.2, 0) is 0 Å². The monoisotopic (exact) mass is 410 g/mol. The normalized spacial score (nSPS) is 34.4. The quantitative estimate of drug-likeness (QED) is 0.351. The molecule has 3 fully saturated rings. The summed E-state index contributed by atoms with van der Waals surface area (Å²) >= 11 is 0. The van der Waals surface area contributed by atoms with E-state index in [4.69, 9.17) is 0 Å². The highest BCUT2D eigenvalue weighted by molar-refractivity contribution is 6.39. The van der Waals surface area contributed by atoms with E-state index in [-0.39, 0.29) is 0 Å². The van der Waals surface area contributed by atoms with Crippen LogP contribution in [0, 0.1) is 0 Å². The third-order valence-electron chi connectivity index (χ3n) is 9.29. The molecule has 2 atom stereocenters. The van der Waals surface area contributed by atoms with Crippen molar-refractivity contribution >= 4 is 21.8 Å².